The fourth-order valence-corrected chi connectivity index (χ4v) is 4.42. The zero-order valence-electron chi connectivity index (χ0n) is 18.4. The Labute approximate surface area is 190 Å². The average molecular weight is 454 g/mol. The van der Waals surface area contributed by atoms with Gasteiger partial charge in [-0.05, 0) is 38.0 Å². The van der Waals surface area contributed by atoms with Crippen molar-refractivity contribution >= 4 is 5.84 Å². The molecule has 172 valence electrons. The number of piperidine rings is 1. The van der Waals surface area contributed by atoms with Crippen LogP contribution in [0.3, 0.4) is 0 Å². The van der Waals surface area contributed by atoms with Gasteiger partial charge in [0, 0.05) is 36.5 Å². The Morgan fingerprint density at radius 1 is 1.12 bits per heavy atom. The summed E-state index contributed by atoms with van der Waals surface area (Å²) in [6.07, 6.45) is 4.97. The molecule has 1 fully saturated rings. The highest BCUT2D eigenvalue weighted by Crippen LogP contribution is 2.31. The number of hydrogen-bond acceptors (Lipinski definition) is 6. The molecule has 3 aromatic rings. The number of oxime groups is 1. The third-order valence-electron chi connectivity index (χ3n) is 5.94. The summed E-state index contributed by atoms with van der Waals surface area (Å²) < 4.78 is 40.8. The van der Waals surface area contributed by atoms with Gasteiger partial charge in [0.2, 0.25) is 0 Å². The van der Waals surface area contributed by atoms with Gasteiger partial charge in [-0.2, -0.15) is 0 Å². The van der Waals surface area contributed by atoms with Crippen molar-refractivity contribution in [3.8, 4) is 17.2 Å². The predicted octanol–water partition coefficient (Wildman–Crippen LogP) is 4.07. The number of rotatable bonds is 5. The number of methoxy groups -OCH3 is 1. The van der Waals surface area contributed by atoms with E-state index in [1.165, 1.54) is 12.1 Å². The van der Waals surface area contributed by atoms with Gasteiger partial charge in [0.1, 0.15) is 41.9 Å². The van der Waals surface area contributed by atoms with Crippen molar-refractivity contribution < 1.29 is 23.1 Å². The summed E-state index contributed by atoms with van der Waals surface area (Å²) in [7, 11) is 1.62. The van der Waals surface area contributed by atoms with Crippen LogP contribution in [-0.2, 0) is 4.84 Å². The van der Waals surface area contributed by atoms with Gasteiger partial charge in [0.15, 0.2) is 5.84 Å². The Balaban J connectivity index is 1.41. The first-order chi connectivity index (χ1) is 16.0. The van der Waals surface area contributed by atoms with E-state index in [9.17, 15) is 8.78 Å². The van der Waals surface area contributed by atoms with E-state index in [4.69, 9.17) is 14.3 Å². The van der Waals surface area contributed by atoms with Gasteiger partial charge in [-0.15, -0.1) is 0 Å². The number of aryl methyl sites for hydroxylation is 1. The second-order valence-corrected chi connectivity index (χ2v) is 8.18. The van der Waals surface area contributed by atoms with Crippen LogP contribution in [-0.4, -0.2) is 52.7 Å². The molecule has 0 saturated carbocycles. The zero-order chi connectivity index (χ0) is 22.9. The van der Waals surface area contributed by atoms with Gasteiger partial charge in [-0.25, -0.2) is 13.8 Å². The van der Waals surface area contributed by atoms with Crippen molar-refractivity contribution in [2.24, 2.45) is 5.16 Å². The number of ether oxygens (including phenoxy) is 2. The number of amidine groups is 1. The van der Waals surface area contributed by atoms with E-state index in [2.05, 4.69) is 15.0 Å². The van der Waals surface area contributed by atoms with E-state index in [0.717, 1.165) is 42.4 Å². The minimum Gasteiger partial charge on any atom is -0.495 e. The number of nitrogens with zero attached hydrogens (tertiary/aromatic N) is 4. The monoisotopic (exact) mass is 454 g/mol. The van der Waals surface area contributed by atoms with Crippen LogP contribution in [0.1, 0.15) is 24.1 Å². The fourth-order valence-electron chi connectivity index (χ4n) is 4.42. The van der Waals surface area contributed by atoms with Crippen LogP contribution in [0.15, 0.2) is 54.1 Å². The number of hydrogen-bond donors (Lipinski definition) is 0. The number of aromatic nitrogens is 2. The van der Waals surface area contributed by atoms with Crippen molar-refractivity contribution in [2.75, 3.05) is 20.3 Å². The average Bonchev–Trinajstić information content (AvgIpc) is 3.24. The Morgan fingerprint density at radius 3 is 2.67 bits per heavy atom. The van der Waals surface area contributed by atoms with Gasteiger partial charge >= 0.3 is 0 Å². The summed E-state index contributed by atoms with van der Waals surface area (Å²) in [6, 6.07) is 8.92. The smallest absolute Gasteiger partial charge is 0.176 e. The molecule has 0 bridgehead atoms. The molecular formula is C24H24F2N4O3. The van der Waals surface area contributed by atoms with Gasteiger partial charge < -0.3 is 23.8 Å². The van der Waals surface area contributed by atoms with Crippen molar-refractivity contribution in [3.05, 3.63) is 71.8 Å². The van der Waals surface area contributed by atoms with E-state index >= 15 is 0 Å². The maximum Gasteiger partial charge on any atom is 0.176 e. The lowest BCUT2D eigenvalue weighted by Crippen LogP contribution is -2.57. The third-order valence-corrected chi connectivity index (χ3v) is 5.94. The number of benzene rings is 2. The molecule has 9 heteroatoms. The fraction of sp³-hybridized carbons (Fsp3) is 0.333. The first-order valence-electron chi connectivity index (χ1n) is 10.8. The van der Waals surface area contributed by atoms with Crippen LogP contribution >= 0.6 is 0 Å². The molecule has 0 spiro atoms. The summed E-state index contributed by atoms with van der Waals surface area (Å²) in [4.78, 5) is 12.0. The molecule has 5 rings (SSSR count). The van der Waals surface area contributed by atoms with Crippen molar-refractivity contribution in [1.29, 1.82) is 0 Å². The van der Waals surface area contributed by atoms with Crippen LogP contribution in [0.4, 0.5) is 8.78 Å². The number of fused-ring (bicyclic) bond motifs is 1. The molecule has 0 aliphatic carbocycles. The molecule has 3 heterocycles. The van der Waals surface area contributed by atoms with E-state index in [1.807, 2.05) is 35.9 Å². The van der Waals surface area contributed by atoms with Crippen LogP contribution < -0.4 is 9.47 Å². The quantitative estimate of drug-likeness (QED) is 0.582. The standard InChI is InChI=1S/C24H24F2N4O3/c1-15-12-29(14-27-15)20-6-5-16(8-23(20)31-2)24-28-32-13-21-22(4-3-7-30(21)24)33-19-10-17(25)9-18(26)11-19/h5-6,8-12,14,21-22H,3-4,7,13H2,1-2H3/t21-,22-/m0/s1. The van der Waals surface area contributed by atoms with Crippen LogP contribution in [0, 0.1) is 18.6 Å². The van der Waals surface area contributed by atoms with E-state index in [0.29, 0.717) is 18.2 Å². The summed E-state index contributed by atoms with van der Waals surface area (Å²) in [5.41, 5.74) is 2.62. The molecule has 0 amide bonds. The van der Waals surface area contributed by atoms with Gasteiger partial charge in [-0.1, -0.05) is 5.16 Å². The Morgan fingerprint density at radius 2 is 1.94 bits per heavy atom. The number of halogens is 2. The molecule has 0 radical (unpaired) electrons. The molecule has 33 heavy (non-hydrogen) atoms. The van der Waals surface area contributed by atoms with Crippen LogP contribution in [0.25, 0.3) is 5.69 Å². The molecule has 0 N–H and O–H groups in total. The molecular weight excluding hydrogens is 430 g/mol. The Kier molecular flexibility index (Phi) is 5.62. The topological polar surface area (TPSA) is 61.1 Å². The van der Waals surface area contributed by atoms with Crippen molar-refractivity contribution in [3.63, 3.8) is 0 Å². The second kappa shape index (κ2) is 8.73. The highest BCUT2D eigenvalue weighted by Gasteiger charge is 2.38. The molecule has 2 aliphatic heterocycles. The predicted molar refractivity (Wildman–Crippen MR) is 118 cm³/mol. The van der Waals surface area contributed by atoms with Crippen LogP contribution in [0.5, 0.6) is 11.5 Å². The van der Waals surface area contributed by atoms with E-state index in [1.54, 1.807) is 13.4 Å². The minimum atomic E-state index is -0.667. The normalized spacial score (nSPS) is 20.0. The van der Waals surface area contributed by atoms with Crippen molar-refractivity contribution in [2.45, 2.75) is 31.9 Å². The van der Waals surface area contributed by atoms with Gasteiger partial charge in [0.25, 0.3) is 0 Å². The highest BCUT2D eigenvalue weighted by molar-refractivity contribution is 5.99. The SMILES string of the molecule is COc1cc(C2=NOC[C@H]3[C@@H](Oc4cc(F)cc(F)c4)CCCN23)ccc1-n1cnc(C)c1. The largest absolute Gasteiger partial charge is 0.495 e. The van der Waals surface area contributed by atoms with E-state index in [-0.39, 0.29) is 17.9 Å². The third kappa shape index (κ3) is 4.22. The lowest BCUT2D eigenvalue weighted by atomic mass is 9.97. The Hall–Kier alpha value is -3.62. The molecule has 2 aliphatic rings. The Bertz CT molecular complexity index is 1180. The first-order valence-corrected chi connectivity index (χ1v) is 10.8. The van der Waals surface area contributed by atoms with Crippen molar-refractivity contribution in [1.82, 2.24) is 14.5 Å². The first kappa shape index (κ1) is 21.2. The summed E-state index contributed by atoms with van der Waals surface area (Å²) >= 11 is 0. The molecule has 1 saturated heterocycles. The molecule has 2 atom stereocenters. The van der Waals surface area contributed by atoms with Crippen LogP contribution in [0.2, 0.25) is 0 Å². The maximum absolute atomic E-state index is 13.6. The van der Waals surface area contributed by atoms with E-state index < -0.39 is 11.6 Å². The molecule has 0 unspecified atom stereocenters. The van der Waals surface area contributed by atoms with Gasteiger partial charge in [-0.3, -0.25) is 0 Å². The summed E-state index contributed by atoms with van der Waals surface area (Å²) in [5, 5.41) is 4.33. The second-order valence-electron chi connectivity index (χ2n) is 8.18. The summed E-state index contributed by atoms with van der Waals surface area (Å²) in [5.74, 6) is 0.191. The lowest BCUT2D eigenvalue weighted by molar-refractivity contribution is -0.0160. The lowest BCUT2D eigenvalue weighted by Gasteiger charge is -2.43. The minimum absolute atomic E-state index is 0.139. The van der Waals surface area contributed by atoms with Gasteiger partial charge in [0.05, 0.1) is 24.8 Å². The molecule has 1 aromatic heterocycles. The number of imidazole rings is 1. The highest BCUT2D eigenvalue weighted by atomic mass is 19.1. The molecule has 2 aromatic carbocycles. The maximum atomic E-state index is 13.6. The summed E-state index contributed by atoms with van der Waals surface area (Å²) in [6.45, 7) is 3.03. The zero-order valence-corrected chi connectivity index (χ0v) is 18.4. The molecule has 7 nitrogen and oxygen atoms in total.